The van der Waals surface area contributed by atoms with Crippen molar-refractivity contribution in [2.75, 3.05) is 13.2 Å². The van der Waals surface area contributed by atoms with Crippen LogP contribution in [0.1, 0.15) is 310 Å². The number of carbonyl (C=O) groups excluding carboxylic acids is 3. The summed E-state index contributed by atoms with van der Waals surface area (Å²) in [4.78, 5) is 38.1. The van der Waals surface area contributed by atoms with E-state index in [1.165, 1.54) is 180 Å². The van der Waals surface area contributed by atoms with Crippen molar-refractivity contribution < 1.29 is 28.6 Å². The van der Waals surface area contributed by atoms with Crippen LogP contribution in [0, 0.1) is 0 Å². The van der Waals surface area contributed by atoms with Gasteiger partial charge in [0, 0.05) is 19.3 Å². The van der Waals surface area contributed by atoms with Gasteiger partial charge in [0.2, 0.25) is 0 Å². The van der Waals surface area contributed by atoms with Gasteiger partial charge in [-0.3, -0.25) is 14.4 Å². The van der Waals surface area contributed by atoms with Crippen LogP contribution in [0.25, 0.3) is 0 Å². The van der Waals surface area contributed by atoms with Gasteiger partial charge in [-0.25, -0.2) is 0 Å². The highest BCUT2D eigenvalue weighted by Gasteiger charge is 2.19. The molecule has 0 saturated heterocycles. The van der Waals surface area contributed by atoms with Crippen LogP contribution in [-0.2, 0) is 28.6 Å². The minimum atomic E-state index is -0.775. The predicted octanol–water partition coefficient (Wildman–Crippen LogP) is 20.4. The molecule has 0 spiro atoms. The molecule has 1 atom stereocenters. The maximum Gasteiger partial charge on any atom is 0.306 e. The summed E-state index contributed by atoms with van der Waals surface area (Å²) in [5.41, 5.74) is 0. The normalized spacial score (nSPS) is 12.4. The van der Waals surface area contributed by atoms with E-state index in [-0.39, 0.29) is 31.1 Å². The second-order valence-electron chi connectivity index (χ2n) is 20.2. The number of allylic oxidation sites excluding steroid dienone is 10. The molecule has 0 saturated carbocycles. The Kier molecular flexibility index (Phi) is 56.3. The third-order valence-corrected chi connectivity index (χ3v) is 13.3. The molecular weight excluding hydrogens is 865 g/mol. The molecule has 406 valence electrons. The zero-order chi connectivity index (χ0) is 50.7. The van der Waals surface area contributed by atoms with Crippen LogP contribution in [0.2, 0.25) is 0 Å². The van der Waals surface area contributed by atoms with E-state index in [0.717, 1.165) is 89.9 Å². The van der Waals surface area contributed by atoms with Crippen LogP contribution in [0.5, 0.6) is 0 Å². The van der Waals surface area contributed by atoms with E-state index in [1.54, 1.807) is 0 Å². The summed E-state index contributed by atoms with van der Waals surface area (Å²) >= 11 is 0. The van der Waals surface area contributed by atoms with Gasteiger partial charge in [0.25, 0.3) is 0 Å². The van der Waals surface area contributed by atoms with E-state index in [2.05, 4.69) is 81.5 Å². The molecule has 0 rings (SSSR count). The molecule has 0 amide bonds. The van der Waals surface area contributed by atoms with Crippen LogP contribution in [0.4, 0.5) is 0 Å². The number of unbranched alkanes of at least 4 members (excludes halogenated alkanes) is 34. The fourth-order valence-corrected chi connectivity index (χ4v) is 8.72. The summed E-state index contributed by atoms with van der Waals surface area (Å²) in [6, 6.07) is 0. The van der Waals surface area contributed by atoms with Gasteiger partial charge >= 0.3 is 17.9 Å². The quantitative estimate of drug-likeness (QED) is 0.0261. The fraction of sp³-hybridized carbons (Fsp3) is 0.797. The predicted molar refractivity (Wildman–Crippen MR) is 302 cm³/mol. The third-order valence-electron chi connectivity index (χ3n) is 13.3. The van der Waals surface area contributed by atoms with Crippen molar-refractivity contribution in [3.8, 4) is 0 Å². The molecular formula is C64H114O6. The zero-order valence-electron chi connectivity index (χ0n) is 46.5. The van der Waals surface area contributed by atoms with Crippen LogP contribution in [0.3, 0.4) is 0 Å². The first kappa shape index (κ1) is 67.1. The standard InChI is InChI=1S/C64H114O6/c1-4-7-10-13-16-19-21-23-25-27-28-29-30-31-32-33-34-35-36-37-39-40-42-45-48-51-54-57-63(66)69-60-61(59-68-62(65)56-53-50-47-44-18-15-12-9-6-3)70-64(67)58-55-52-49-46-43-41-38-26-24-22-20-17-14-11-8-5-2/h7,10,16,19,23,25-26,28-29,38,61H,4-6,8-9,11-15,17-18,20-22,24,27,30-37,39-60H2,1-3H3/b10-7-,19-16-,25-23-,29-28-,38-26-. The Hall–Kier alpha value is -2.89. The van der Waals surface area contributed by atoms with Gasteiger partial charge < -0.3 is 14.2 Å². The van der Waals surface area contributed by atoms with Crippen molar-refractivity contribution in [3.63, 3.8) is 0 Å². The number of ether oxygens (including phenoxy) is 3. The molecule has 0 N–H and O–H groups in total. The Morgan fingerprint density at radius 3 is 0.886 bits per heavy atom. The van der Waals surface area contributed by atoms with E-state index in [1.807, 2.05) is 0 Å². The van der Waals surface area contributed by atoms with Crippen LogP contribution in [0.15, 0.2) is 60.8 Å². The highest BCUT2D eigenvalue weighted by atomic mass is 16.6. The van der Waals surface area contributed by atoms with Crippen LogP contribution in [-0.4, -0.2) is 37.2 Å². The van der Waals surface area contributed by atoms with Crippen molar-refractivity contribution in [1.82, 2.24) is 0 Å². The molecule has 0 aliphatic heterocycles. The Bertz CT molecular complexity index is 1260. The molecule has 0 aliphatic carbocycles. The molecule has 0 aromatic rings. The smallest absolute Gasteiger partial charge is 0.306 e. The van der Waals surface area contributed by atoms with E-state index < -0.39 is 6.10 Å². The highest BCUT2D eigenvalue weighted by Crippen LogP contribution is 2.16. The third kappa shape index (κ3) is 56.0. The molecule has 0 bridgehead atoms. The lowest BCUT2D eigenvalue weighted by atomic mass is 10.0. The molecule has 0 aromatic carbocycles. The topological polar surface area (TPSA) is 78.9 Å². The first-order valence-corrected chi connectivity index (χ1v) is 30.3. The Labute approximate surface area is 434 Å². The van der Waals surface area contributed by atoms with Crippen LogP contribution >= 0.6 is 0 Å². The number of hydrogen-bond acceptors (Lipinski definition) is 6. The monoisotopic (exact) mass is 979 g/mol. The summed E-state index contributed by atoms with van der Waals surface area (Å²) < 4.78 is 16.8. The molecule has 0 aromatic heterocycles. The highest BCUT2D eigenvalue weighted by molar-refractivity contribution is 5.71. The average molecular weight is 980 g/mol. The molecule has 70 heavy (non-hydrogen) atoms. The van der Waals surface area contributed by atoms with Gasteiger partial charge in [0.05, 0.1) is 0 Å². The molecule has 6 nitrogen and oxygen atoms in total. The molecule has 0 fully saturated rings. The lowest BCUT2D eigenvalue weighted by Crippen LogP contribution is -2.30. The Morgan fingerprint density at radius 2 is 0.557 bits per heavy atom. The van der Waals surface area contributed by atoms with Crippen molar-refractivity contribution in [2.24, 2.45) is 0 Å². The molecule has 0 radical (unpaired) electrons. The second-order valence-corrected chi connectivity index (χ2v) is 20.2. The Morgan fingerprint density at radius 1 is 0.300 bits per heavy atom. The van der Waals surface area contributed by atoms with E-state index in [0.29, 0.717) is 19.3 Å². The summed E-state index contributed by atoms with van der Waals surface area (Å²) in [5, 5.41) is 0. The van der Waals surface area contributed by atoms with Crippen molar-refractivity contribution in [1.29, 1.82) is 0 Å². The summed E-state index contributed by atoms with van der Waals surface area (Å²) in [7, 11) is 0. The first-order chi connectivity index (χ1) is 34.5. The van der Waals surface area contributed by atoms with Gasteiger partial charge in [-0.15, -0.1) is 0 Å². The Balaban J connectivity index is 4.16. The lowest BCUT2D eigenvalue weighted by molar-refractivity contribution is -0.167. The maximum absolute atomic E-state index is 12.8. The van der Waals surface area contributed by atoms with E-state index >= 15 is 0 Å². The van der Waals surface area contributed by atoms with Gasteiger partial charge in [-0.05, 0) is 83.5 Å². The van der Waals surface area contributed by atoms with Crippen molar-refractivity contribution in [3.05, 3.63) is 60.8 Å². The minimum Gasteiger partial charge on any atom is -0.462 e. The van der Waals surface area contributed by atoms with Gasteiger partial charge in [0.15, 0.2) is 6.10 Å². The fourth-order valence-electron chi connectivity index (χ4n) is 8.72. The van der Waals surface area contributed by atoms with Crippen molar-refractivity contribution in [2.45, 2.75) is 316 Å². The van der Waals surface area contributed by atoms with Gasteiger partial charge in [-0.1, -0.05) is 268 Å². The van der Waals surface area contributed by atoms with Gasteiger partial charge in [-0.2, -0.15) is 0 Å². The zero-order valence-corrected chi connectivity index (χ0v) is 46.5. The molecule has 1 unspecified atom stereocenters. The van der Waals surface area contributed by atoms with Crippen LogP contribution < -0.4 is 0 Å². The number of hydrogen-bond donors (Lipinski definition) is 0. The SMILES string of the molecule is CC/C=C\C/C=C\C/C=C\C/C=C\CCCCCCCCCCCCCCCCC(=O)OCC(COC(=O)CCCCCCCCCCC)OC(=O)CCCCCCC/C=C\CCCCCCCCC. The van der Waals surface area contributed by atoms with Crippen molar-refractivity contribution >= 4 is 17.9 Å². The molecule has 0 aliphatic rings. The van der Waals surface area contributed by atoms with E-state index in [4.69, 9.17) is 14.2 Å². The number of esters is 3. The summed E-state index contributed by atoms with van der Waals surface area (Å²) in [6.45, 7) is 6.53. The van der Waals surface area contributed by atoms with E-state index in [9.17, 15) is 14.4 Å². The largest absolute Gasteiger partial charge is 0.462 e. The minimum absolute atomic E-state index is 0.0739. The van der Waals surface area contributed by atoms with Gasteiger partial charge in [0.1, 0.15) is 13.2 Å². The summed E-state index contributed by atoms with van der Waals surface area (Å²) in [6.07, 6.45) is 73.8. The number of rotatable bonds is 55. The lowest BCUT2D eigenvalue weighted by Gasteiger charge is -2.18. The second kappa shape index (κ2) is 58.7. The number of carbonyl (C=O) groups is 3. The first-order valence-electron chi connectivity index (χ1n) is 30.3. The maximum atomic E-state index is 12.8. The summed E-state index contributed by atoms with van der Waals surface area (Å²) in [5.74, 6) is -0.872. The molecule has 0 heterocycles. The average Bonchev–Trinajstić information content (AvgIpc) is 3.36. The molecule has 6 heteroatoms.